The number of aromatic nitrogens is 2. The van der Waals surface area contributed by atoms with Crippen LogP contribution in [0.15, 0.2) is 27.3 Å². The van der Waals surface area contributed by atoms with Crippen LogP contribution in [0.4, 0.5) is 0 Å². The number of morpholine rings is 1. The average molecular weight is 306 g/mol. The van der Waals surface area contributed by atoms with Crippen molar-refractivity contribution in [1.82, 2.24) is 20.4 Å². The van der Waals surface area contributed by atoms with Crippen LogP contribution in [0.5, 0.6) is 0 Å². The molecule has 2 aromatic heterocycles. The summed E-state index contributed by atoms with van der Waals surface area (Å²) in [5.41, 5.74) is 0. The summed E-state index contributed by atoms with van der Waals surface area (Å²) in [6, 6.07) is 3.42. The van der Waals surface area contributed by atoms with Gasteiger partial charge in [0.1, 0.15) is 11.8 Å². The Hall–Kier alpha value is -2.19. The minimum atomic E-state index is -0.190. The van der Waals surface area contributed by atoms with E-state index in [1.54, 1.807) is 19.3 Å². The van der Waals surface area contributed by atoms with E-state index in [2.05, 4.69) is 15.5 Å². The molecule has 118 valence electrons. The summed E-state index contributed by atoms with van der Waals surface area (Å²) in [6.45, 7) is 4.04. The average Bonchev–Trinajstić information content (AvgIpc) is 3.17. The van der Waals surface area contributed by atoms with E-state index in [1.165, 1.54) is 0 Å². The molecule has 2 aromatic rings. The van der Waals surface area contributed by atoms with Crippen molar-refractivity contribution in [3.05, 3.63) is 35.9 Å². The highest BCUT2D eigenvalue weighted by atomic mass is 16.5. The van der Waals surface area contributed by atoms with Gasteiger partial charge in [-0.3, -0.25) is 9.69 Å². The normalized spacial score (nSPS) is 19.2. The fourth-order valence-electron chi connectivity index (χ4n) is 2.34. The number of furan rings is 1. The lowest BCUT2D eigenvalue weighted by Crippen LogP contribution is -2.45. The van der Waals surface area contributed by atoms with Crippen LogP contribution in [0, 0.1) is 6.92 Å². The van der Waals surface area contributed by atoms with E-state index in [-0.39, 0.29) is 18.5 Å². The van der Waals surface area contributed by atoms with Crippen molar-refractivity contribution in [1.29, 1.82) is 0 Å². The SMILES string of the molecule is Cc1noc([C@H]2COCCN2CC(=O)NCc2ccco2)n1. The lowest BCUT2D eigenvalue weighted by atomic mass is 10.2. The molecule has 0 bridgehead atoms. The smallest absolute Gasteiger partial charge is 0.246 e. The van der Waals surface area contributed by atoms with Gasteiger partial charge in [-0.25, -0.2) is 0 Å². The molecule has 22 heavy (non-hydrogen) atoms. The Labute approximate surface area is 127 Å². The molecular weight excluding hydrogens is 288 g/mol. The number of nitrogens with one attached hydrogen (secondary N) is 1. The Morgan fingerprint density at radius 1 is 1.55 bits per heavy atom. The molecule has 8 heteroatoms. The predicted molar refractivity (Wildman–Crippen MR) is 74.7 cm³/mol. The van der Waals surface area contributed by atoms with E-state index < -0.39 is 0 Å². The highest BCUT2D eigenvalue weighted by molar-refractivity contribution is 5.78. The molecule has 0 aromatic carbocycles. The molecule has 1 amide bonds. The summed E-state index contributed by atoms with van der Waals surface area (Å²) in [5.74, 6) is 1.69. The van der Waals surface area contributed by atoms with Gasteiger partial charge in [0, 0.05) is 6.54 Å². The van der Waals surface area contributed by atoms with Gasteiger partial charge in [-0.05, 0) is 19.1 Å². The van der Waals surface area contributed by atoms with Crippen LogP contribution < -0.4 is 5.32 Å². The van der Waals surface area contributed by atoms with Gasteiger partial charge in [0.2, 0.25) is 11.8 Å². The highest BCUT2D eigenvalue weighted by Crippen LogP contribution is 2.22. The Balaban J connectivity index is 1.57. The summed E-state index contributed by atoms with van der Waals surface area (Å²) >= 11 is 0. The molecular formula is C14H18N4O4. The maximum atomic E-state index is 12.1. The van der Waals surface area contributed by atoms with Crippen LogP contribution in [0.3, 0.4) is 0 Å². The van der Waals surface area contributed by atoms with Gasteiger partial charge in [0.25, 0.3) is 0 Å². The molecule has 0 aliphatic carbocycles. The van der Waals surface area contributed by atoms with Crippen LogP contribution in [-0.4, -0.2) is 47.3 Å². The van der Waals surface area contributed by atoms with Crippen LogP contribution in [0.1, 0.15) is 23.5 Å². The van der Waals surface area contributed by atoms with Gasteiger partial charge in [-0.15, -0.1) is 0 Å². The molecule has 1 atom stereocenters. The molecule has 1 N–H and O–H groups in total. The Morgan fingerprint density at radius 3 is 3.18 bits per heavy atom. The van der Waals surface area contributed by atoms with E-state index in [0.29, 0.717) is 38.0 Å². The van der Waals surface area contributed by atoms with Gasteiger partial charge >= 0.3 is 0 Å². The van der Waals surface area contributed by atoms with Crippen molar-refractivity contribution >= 4 is 5.91 Å². The summed E-state index contributed by atoms with van der Waals surface area (Å²) < 4.78 is 15.9. The Kier molecular flexibility index (Phi) is 4.50. The molecule has 3 heterocycles. The second-order valence-electron chi connectivity index (χ2n) is 5.10. The number of amides is 1. The molecule has 1 fully saturated rings. The van der Waals surface area contributed by atoms with E-state index in [9.17, 15) is 4.79 Å². The van der Waals surface area contributed by atoms with Crippen molar-refractivity contribution in [2.75, 3.05) is 26.3 Å². The quantitative estimate of drug-likeness (QED) is 0.867. The first-order valence-electron chi connectivity index (χ1n) is 7.13. The summed E-state index contributed by atoms with van der Waals surface area (Å²) in [4.78, 5) is 18.3. The summed E-state index contributed by atoms with van der Waals surface area (Å²) in [5, 5.41) is 6.62. The van der Waals surface area contributed by atoms with E-state index in [4.69, 9.17) is 13.7 Å². The highest BCUT2D eigenvalue weighted by Gasteiger charge is 2.30. The minimum Gasteiger partial charge on any atom is -0.467 e. The van der Waals surface area contributed by atoms with Crippen LogP contribution >= 0.6 is 0 Å². The third-order valence-corrected chi connectivity index (χ3v) is 3.45. The lowest BCUT2D eigenvalue weighted by Gasteiger charge is -2.32. The fourth-order valence-corrected chi connectivity index (χ4v) is 2.34. The molecule has 1 aliphatic heterocycles. The molecule has 0 saturated carbocycles. The van der Waals surface area contributed by atoms with Gasteiger partial charge in [-0.1, -0.05) is 5.16 Å². The number of aryl methyl sites for hydroxylation is 1. The summed E-state index contributed by atoms with van der Waals surface area (Å²) in [6.07, 6.45) is 1.58. The van der Waals surface area contributed by atoms with E-state index in [1.807, 2.05) is 11.0 Å². The standard InChI is InChI=1S/C14H18N4O4/c1-10-16-14(22-17-10)12-9-20-6-4-18(12)8-13(19)15-7-11-3-2-5-21-11/h2-3,5,12H,4,6-9H2,1H3,(H,15,19)/t12-/m1/s1. The Bertz CT molecular complexity index is 610. The van der Waals surface area contributed by atoms with Gasteiger partial charge in [0.15, 0.2) is 5.82 Å². The number of carbonyl (C=O) groups excluding carboxylic acids is 1. The molecule has 0 spiro atoms. The molecule has 1 aliphatic rings. The summed E-state index contributed by atoms with van der Waals surface area (Å²) in [7, 11) is 0. The first-order chi connectivity index (χ1) is 10.7. The van der Waals surface area contributed by atoms with Crippen LogP contribution in [0.2, 0.25) is 0 Å². The second kappa shape index (κ2) is 6.71. The maximum Gasteiger partial charge on any atom is 0.246 e. The first-order valence-corrected chi connectivity index (χ1v) is 7.13. The molecule has 3 rings (SSSR count). The first kappa shape index (κ1) is 14.7. The van der Waals surface area contributed by atoms with Crippen molar-refractivity contribution in [2.45, 2.75) is 19.5 Å². The zero-order chi connectivity index (χ0) is 15.4. The lowest BCUT2D eigenvalue weighted by molar-refractivity contribution is -0.125. The van der Waals surface area contributed by atoms with Crippen LogP contribution in [0.25, 0.3) is 0 Å². The largest absolute Gasteiger partial charge is 0.467 e. The third-order valence-electron chi connectivity index (χ3n) is 3.45. The molecule has 8 nitrogen and oxygen atoms in total. The minimum absolute atomic E-state index is 0.0838. The number of hydrogen-bond acceptors (Lipinski definition) is 7. The monoisotopic (exact) mass is 306 g/mol. The van der Waals surface area contributed by atoms with E-state index in [0.717, 1.165) is 5.76 Å². The van der Waals surface area contributed by atoms with Crippen molar-refractivity contribution in [3.63, 3.8) is 0 Å². The third kappa shape index (κ3) is 3.52. The maximum absolute atomic E-state index is 12.1. The van der Waals surface area contributed by atoms with E-state index >= 15 is 0 Å². The number of hydrogen-bond donors (Lipinski definition) is 1. The topological polar surface area (TPSA) is 93.6 Å². The van der Waals surface area contributed by atoms with Gasteiger partial charge < -0.3 is 19.0 Å². The molecule has 1 saturated heterocycles. The van der Waals surface area contributed by atoms with Crippen LogP contribution in [-0.2, 0) is 16.1 Å². The van der Waals surface area contributed by atoms with Crippen molar-refractivity contribution < 1.29 is 18.5 Å². The molecule has 0 unspecified atom stereocenters. The number of nitrogens with zero attached hydrogens (tertiary/aromatic N) is 3. The van der Waals surface area contributed by atoms with Crippen molar-refractivity contribution in [3.8, 4) is 0 Å². The zero-order valence-electron chi connectivity index (χ0n) is 12.3. The fraction of sp³-hybridized carbons (Fsp3) is 0.500. The number of carbonyl (C=O) groups is 1. The number of ether oxygens (including phenoxy) is 1. The van der Waals surface area contributed by atoms with Gasteiger partial charge in [0.05, 0.1) is 32.6 Å². The zero-order valence-corrected chi connectivity index (χ0v) is 12.3. The second-order valence-corrected chi connectivity index (χ2v) is 5.10. The predicted octanol–water partition coefficient (Wildman–Crippen LogP) is 0.661. The van der Waals surface area contributed by atoms with Crippen molar-refractivity contribution in [2.24, 2.45) is 0 Å². The Morgan fingerprint density at radius 2 is 2.45 bits per heavy atom. The molecule has 0 radical (unpaired) electrons. The number of rotatable bonds is 5. The van der Waals surface area contributed by atoms with Gasteiger partial charge in [-0.2, -0.15) is 4.98 Å².